The molecule has 1 aromatic heterocycles. The zero-order valence-corrected chi connectivity index (χ0v) is 12.7. The molecule has 1 heterocycles. The average molecular weight is 341 g/mol. The molecule has 2 rings (SSSR count). The summed E-state index contributed by atoms with van der Waals surface area (Å²) in [5, 5.41) is 0.0574. The van der Waals surface area contributed by atoms with Crippen LogP contribution in [-0.4, -0.2) is 18.0 Å². The van der Waals surface area contributed by atoms with Crippen LogP contribution in [0.2, 0.25) is 0 Å². The van der Waals surface area contributed by atoms with Gasteiger partial charge in [-0.05, 0) is 24.0 Å². The zero-order valence-electron chi connectivity index (χ0n) is 10.3. The number of allylic oxidation sites excluding steroid dienone is 1. The highest BCUT2D eigenvalue weighted by Gasteiger charge is 2.22. The predicted molar refractivity (Wildman–Crippen MR) is 76.9 cm³/mol. The van der Waals surface area contributed by atoms with Crippen molar-refractivity contribution < 1.29 is 8.42 Å². The van der Waals surface area contributed by atoms with Gasteiger partial charge in [0.1, 0.15) is 0 Å². The van der Waals surface area contributed by atoms with Gasteiger partial charge in [-0.25, -0.2) is 13.4 Å². The van der Waals surface area contributed by atoms with Gasteiger partial charge in [0.15, 0.2) is 0 Å². The van der Waals surface area contributed by atoms with Gasteiger partial charge < -0.3 is 4.57 Å². The Labute approximate surface area is 120 Å². The molecule has 0 fully saturated rings. The third-order valence-corrected chi connectivity index (χ3v) is 4.73. The highest BCUT2D eigenvalue weighted by atomic mass is 79.9. The number of aryl methyl sites for hydroxylation is 1. The summed E-state index contributed by atoms with van der Waals surface area (Å²) in [6.07, 6.45) is 4.94. The van der Waals surface area contributed by atoms with Gasteiger partial charge in [-0.1, -0.05) is 39.7 Å². The van der Waals surface area contributed by atoms with E-state index in [1.54, 1.807) is 46.1 Å². The Kier molecular flexibility index (Phi) is 4.21. The van der Waals surface area contributed by atoms with E-state index in [1.165, 1.54) is 6.20 Å². The van der Waals surface area contributed by atoms with Crippen LogP contribution in [0.25, 0.3) is 0 Å². The fourth-order valence-corrected chi connectivity index (χ4v) is 3.17. The van der Waals surface area contributed by atoms with Crippen LogP contribution in [0, 0.1) is 6.92 Å². The quantitative estimate of drug-likeness (QED) is 0.859. The summed E-state index contributed by atoms with van der Waals surface area (Å²) in [5.74, 6) is 0. The van der Waals surface area contributed by atoms with Gasteiger partial charge in [-0.2, -0.15) is 0 Å². The van der Waals surface area contributed by atoms with Gasteiger partial charge >= 0.3 is 0 Å². The number of halogens is 1. The summed E-state index contributed by atoms with van der Waals surface area (Å²) in [5.41, 5.74) is 1.02. The van der Waals surface area contributed by atoms with Gasteiger partial charge in [-0.3, -0.25) is 0 Å². The molecule has 2 aromatic rings. The number of aromatic nitrogens is 2. The van der Waals surface area contributed by atoms with Gasteiger partial charge in [0.2, 0.25) is 15.0 Å². The van der Waals surface area contributed by atoms with Crippen molar-refractivity contribution in [2.45, 2.75) is 23.5 Å². The van der Waals surface area contributed by atoms with E-state index >= 15 is 0 Å². The third kappa shape index (κ3) is 2.96. The number of hydrogen-bond donors (Lipinski definition) is 0. The maximum atomic E-state index is 12.5. The minimum absolute atomic E-state index is 0.0574. The van der Waals surface area contributed by atoms with Crippen molar-refractivity contribution in [3.05, 3.63) is 53.3 Å². The summed E-state index contributed by atoms with van der Waals surface area (Å²) < 4.78 is 26.5. The molecule has 0 N–H and O–H groups in total. The number of benzene rings is 1. The maximum Gasteiger partial charge on any atom is 0.240 e. The predicted octanol–water partition coefficient (Wildman–Crippen LogP) is 2.93. The van der Waals surface area contributed by atoms with Crippen LogP contribution in [0.15, 0.2) is 57.8 Å². The monoisotopic (exact) mass is 340 g/mol. The van der Waals surface area contributed by atoms with Crippen molar-refractivity contribution in [3.8, 4) is 0 Å². The summed E-state index contributed by atoms with van der Waals surface area (Å²) in [6.45, 7) is 2.36. The van der Waals surface area contributed by atoms with Crippen molar-refractivity contribution in [2.24, 2.45) is 0 Å². The molecule has 19 heavy (non-hydrogen) atoms. The summed E-state index contributed by atoms with van der Waals surface area (Å²) >= 11 is 3.16. The van der Waals surface area contributed by atoms with E-state index in [0.717, 1.165) is 5.56 Å². The Bertz CT molecular complexity index is 688. The summed E-state index contributed by atoms with van der Waals surface area (Å²) in [6, 6.07) is 6.76. The lowest BCUT2D eigenvalue weighted by atomic mass is 10.2. The molecular weight excluding hydrogens is 328 g/mol. The Morgan fingerprint density at radius 3 is 2.63 bits per heavy atom. The molecule has 0 radical (unpaired) electrons. The van der Waals surface area contributed by atoms with Crippen LogP contribution in [-0.2, 0) is 16.4 Å². The number of sulfone groups is 1. The average Bonchev–Trinajstić information content (AvgIpc) is 2.86. The lowest BCUT2D eigenvalue weighted by Gasteiger charge is -2.06. The smallest absolute Gasteiger partial charge is 0.240 e. The van der Waals surface area contributed by atoms with Crippen molar-refractivity contribution in [1.82, 2.24) is 9.55 Å². The van der Waals surface area contributed by atoms with Crippen LogP contribution in [0.3, 0.4) is 0 Å². The standard InChI is InChI=1S/C13H13BrN2O2S/c1-11-3-5-12(6-4-11)19(17,18)13-15-8-10-16(13)9-2-7-14/h2-8,10H,9H2,1H3/b7-2+. The minimum atomic E-state index is -3.57. The molecule has 0 aliphatic heterocycles. The molecule has 0 amide bonds. The normalized spacial score (nSPS) is 12.1. The molecule has 0 bridgehead atoms. The molecule has 0 atom stereocenters. The number of nitrogens with zero attached hydrogens (tertiary/aromatic N) is 2. The molecule has 0 aliphatic carbocycles. The van der Waals surface area contributed by atoms with Gasteiger partial charge in [0, 0.05) is 18.9 Å². The minimum Gasteiger partial charge on any atom is -0.318 e. The van der Waals surface area contributed by atoms with Crippen LogP contribution in [0.1, 0.15) is 5.56 Å². The third-order valence-electron chi connectivity index (χ3n) is 2.64. The summed E-state index contributed by atoms with van der Waals surface area (Å²) in [7, 11) is -3.57. The topological polar surface area (TPSA) is 52.0 Å². The Morgan fingerprint density at radius 1 is 1.32 bits per heavy atom. The van der Waals surface area contributed by atoms with E-state index in [2.05, 4.69) is 20.9 Å². The number of imidazole rings is 1. The highest BCUT2D eigenvalue weighted by molar-refractivity contribution is 9.11. The molecular formula is C13H13BrN2O2S. The molecule has 0 aliphatic rings. The van der Waals surface area contributed by atoms with Crippen LogP contribution in [0.5, 0.6) is 0 Å². The molecule has 1 aromatic carbocycles. The molecule has 0 saturated heterocycles. The lowest BCUT2D eigenvalue weighted by Crippen LogP contribution is -2.10. The second kappa shape index (κ2) is 5.71. The SMILES string of the molecule is Cc1ccc(S(=O)(=O)c2nccn2C/C=C/Br)cc1. The van der Waals surface area contributed by atoms with Gasteiger partial charge in [0.05, 0.1) is 4.90 Å². The van der Waals surface area contributed by atoms with Gasteiger partial charge in [-0.15, -0.1) is 0 Å². The number of rotatable bonds is 4. The Hall–Kier alpha value is -1.40. The lowest BCUT2D eigenvalue weighted by molar-refractivity contribution is 0.574. The van der Waals surface area contributed by atoms with E-state index in [-0.39, 0.29) is 10.1 Å². The molecule has 0 saturated carbocycles. The largest absolute Gasteiger partial charge is 0.318 e. The van der Waals surface area contributed by atoms with E-state index in [4.69, 9.17) is 0 Å². The first-order chi connectivity index (χ1) is 9.05. The van der Waals surface area contributed by atoms with E-state index in [1.807, 2.05) is 6.92 Å². The zero-order chi connectivity index (χ0) is 13.9. The molecule has 4 nitrogen and oxygen atoms in total. The Balaban J connectivity index is 2.45. The van der Waals surface area contributed by atoms with Crippen molar-refractivity contribution >= 4 is 25.8 Å². The van der Waals surface area contributed by atoms with E-state index < -0.39 is 9.84 Å². The van der Waals surface area contributed by atoms with Crippen LogP contribution in [0.4, 0.5) is 0 Å². The van der Waals surface area contributed by atoms with Crippen LogP contribution >= 0.6 is 15.9 Å². The van der Waals surface area contributed by atoms with E-state index in [9.17, 15) is 8.42 Å². The first-order valence-corrected chi connectivity index (χ1v) is 8.03. The second-order valence-corrected chi connectivity index (χ2v) is 6.41. The second-order valence-electron chi connectivity index (χ2n) is 4.04. The highest BCUT2D eigenvalue weighted by Crippen LogP contribution is 2.19. The molecule has 6 heteroatoms. The van der Waals surface area contributed by atoms with Crippen LogP contribution < -0.4 is 0 Å². The molecule has 0 unspecified atom stereocenters. The molecule has 100 valence electrons. The van der Waals surface area contributed by atoms with Crippen molar-refractivity contribution in [1.29, 1.82) is 0 Å². The fraction of sp³-hybridized carbons (Fsp3) is 0.154. The number of hydrogen-bond acceptors (Lipinski definition) is 3. The van der Waals surface area contributed by atoms with Crippen molar-refractivity contribution in [2.75, 3.05) is 0 Å². The Morgan fingerprint density at radius 2 is 2.00 bits per heavy atom. The molecule has 0 spiro atoms. The summed E-state index contributed by atoms with van der Waals surface area (Å²) in [4.78, 5) is 5.91. The maximum absolute atomic E-state index is 12.5. The fourth-order valence-electron chi connectivity index (χ4n) is 1.65. The van der Waals surface area contributed by atoms with E-state index in [0.29, 0.717) is 6.54 Å². The first-order valence-electron chi connectivity index (χ1n) is 5.64. The first kappa shape index (κ1) is 14.0. The van der Waals surface area contributed by atoms with Crippen molar-refractivity contribution in [3.63, 3.8) is 0 Å². The van der Waals surface area contributed by atoms with Gasteiger partial charge in [0.25, 0.3) is 0 Å².